The van der Waals surface area contributed by atoms with E-state index in [0.717, 1.165) is 24.7 Å². The molecule has 2 heterocycles. The molecule has 15 heavy (non-hydrogen) atoms. The summed E-state index contributed by atoms with van der Waals surface area (Å²) in [6.07, 6.45) is 2.36. The second-order valence-corrected chi connectivity index (χ2v) is 4.92. The van der Waals surface area contributed by atoms with Crippen molar-refractivity contribution in [2.45, 2.75) is 24.9 Å². The first kappa shape index (κ1) is 9.64. The van der Waals surface area contributed by atoms with Gasteiger partial charge in [-0.1, -0.05) is 17.7 Å². The van der Waals surface area contributed by atoms with Crippen LogP contribution in [0.15, 0.2) is 18.2 Å². The smallest absolute Gasteiger partial charge is 0.0464 e. The Morgan fingerprint density at radius 2 is 2.00 bits per heavy atom. The maximum Gasteiger partial charge on any atom is 0.0464 e. The van der Waals surface area contributed by atoms with Gasteiger partial charge in [0.05, 0.1) is 0 Å². The molecule has 3 rings (SSSR count). The summed E-state index contributed by atoms with van der Waals surface area (Å²) in [5, 5.41) is 7.93. The zero-order valence-corrected chi connectivity index (χ0v) is 9.40. The zero-order chi connectivity index (χ0) is 10.3. The molecule has 80 valence electrons. The first-order chi connectivity index (χ1) is 7.30. The standard InChI is InChI=1S/C12H15ClN2/c13-10-1-2-11-9(7-10)8-15-12(11)3-5-14-6-4-12/h1-2,7,14-15H,3-6,8H2. The highest BCUT2D eigenvalue weighted by Crippen LogP contribution is 2.38. The molecule has 2 nitrogen and oxygen atoms in total. The molecule has 1 saturated heterocycles. The Morgan fingerprint density at radius 1 is 1.20 bits per heavy atom. The van der Waals surface area contributed by atoms with Gasteiger partial charge in [-0.25, -0.2) is 0 Å². The minimum absolute atomic E-state index is 0.227. The summed E-state index contributed by atoms with van der Waals surface area (Å²) in [5.41, 5.74) is 3.07. The first-order valence-corrected chi connectivity index (χ1v) is 5.93. The second-order valence-electron chi connectivity index (χ2n) is 4.49. The van der Waals surface area contributed by atoms with Gasteiger partial charge in [0.1, 0.15) is 0 Å². The van der Waals surface area contributed by atoms with Crippen LogP contribution in [0.4, 0.5) is 0 Å². The minimum atomic E-state index is 0.227. The number of hydrogen-bond donors (Lipinski definition) is 2. The Kier molecular flexibility index (Phi) is 2.23. The fraction of sp³-hybridized carbons (Fsp3) is 0.500. The van der Waals surface area contributed by atoms with Gasteiger partial charge < -0.3 is 10.6 Å². The molecule has 0 bridgehead atoms. The lowest BCUT2D eigenvalue weighted by atomic mass is 9.82. The van der Waals surface area contributed by atoms with Crippen LogP contribution >= 0.6 is 11.6 Å². The van der Waals surface area contributed by atoms with Gasteiger partial charge in [-0.05, 0) is 49.2 Å². The monoisotopic (exact) mass is 222 g/mol. The highest BCUT2D eigenvalue weighted by atomic mass is 35.5. The number of benzene rings is 1. The van der Waals surface area contributed by atoms with Gasteiger partial charge in [0.15, 0.2) is 0 Å². The predicted octanol–water partition coefficient (Wildman–Crippen LogP) is 2.02. The maximum atomic E-state index is 6.01. The van der Waals surface area contributed by atoms with Crippen molar-refractivity contribution >= 4 is 11.6 Å². The summed E-state index contributed by atoms with van der Waals surface area (Å²) in [6, 6.07) is 6.31. The molecule has 0 aliphatic carbocycles. The van der Waals surface area contributed by atoms with Crippen LogP contribution in [0.5, 0.6) is 0 Å². The largest absolute Gasteiger partial charge is 0.317 e. The molecule has 2 aliphatic heterocycles. The van der Waals surface area contributed by atoms with Crippen LogP contribution in [0.3, 0.4) is 0 Å². The zero-order valence-electron chi connectivity index (χ0n) is 8.65. The second kappa shape index (κ2) is 3.48. The summed E-state index contributed by atoms with van der Waals surface area (Å²) in [7, 11) is 0. The van der Waals surface area contributed by atoms with Crippen molar-refractivity contribution in [3.8, 4) is 0 Å². The van der Waals surface area contributed by atoms with E-state index >= 15 is 0 Å². The van der Waals surface area contributed by atoms with Crippen LogP contribution in [-0.4, -0.2) is 13.1 Å². The third-order valence-corrected chi connectivity index (χ3v) is 3.89. The number of halogens is 1. The summed E-state index contributed by atoms with van der Waals surface area (Å²) < 4.78 is 0. The van der Waals surface area contributed by atoms with Gasteiger partial charge in [0.25, 0.3) is 0 Å². The molecule has 0 radical (unpaired) electrons. The molecular weight excluding hydrogens is 208 g/mol. The van der Waals surface area contributed by atoms with Crippen LogP contribution in [0.1, 0.15) is 24.0 Å². The van der Waals surface area contributed by atoms with E-state index in [2.05, 4.69) is 22.8 Å². The van der Waals surface area contributed by atoms with Crippen molar-refractivity contribution in [3.05, 3.63) is 34.3 Å². The van der Waals surface area contributed by atoms with Gasteiger partial charge in [-0.3, -0.25) is 0 Å². The van der Waals surface area contributed by atoms with E-state index in [9.17, 15) is 0 Å². The number of nitrogens with one attached hydrogen (secondary N) is 2. The van der Waals surface area contributed by atoms with E-state index in [1.165, 1.54) is 24.0 Å². The van der Waals surface area contributed by atoms with E-state index < -0.39 is 0 Å². The summed E-state index contributed by atoms with van der Waals surface area (Å²) >= 11 is 6.01. The third-order valence-electron chi connectivity index (χ3n) is 3.66. The molecule has 2 aliphatic rings. The van der Waals surface area contributed by atoms with E-state index in [-0.39, 0.29) is 5.54 Å². The van der Waals surface area contributed by atoms with E-state index in [0.29, 0.717) is 0 Å². The Hall–Kier alpha value is -0.570. The Labute approximate surface area is 95.0 Å². The van der Waals surface area contributed by atoms with Crippen molar-refractivity contribution in [2.75, 3.05) is 13.1 Å². The lowest BCUT2D eigenvalue weighted by molar-refractivity contribution is 0.265. The number of hydrogen-bond acceptors (Lipinski definition) is 2. The van der Waals surface area contributed by atoms with Gasteiger partial charge >= 0.3 is 0 Å². The van der Waals surface area contributed by atoms with E-state index in [4.69, 9.17) is 11.6 Å². The molecule has 0 atom stereocenters. The van der Waals surface area contributed by atoms with E-state index in [1.807, 2.05) is 6.07 Å². The summed E-state index contributed by atoms with van der Waals surface area (Å²) in [5.74, 6) is 0. The molecule has 0 unspecified atom stereocenters. The molecule has 1 spiro atoms. The molecule has 0 amide bonds. The molecule has 3 heteroatoms. The van der Waals surface area contributed by atoms with Crippen molar-refractivity contribution in [3.63, 3.8) is 0 Å². The lowest BCUT2D eigenvalue weighted by Crippen LogP contribution is -2.46. The average Bonchev–Trinajstić information content (AvgIpc) is 2.58. The molecule has 2 N–H and O–H groups in total. The Bertz CT molecular complexity index is 383. The van der Waals surface area contributed by atoms with Crippen LogP contribution in [0.25, 0.3) is 0 Å². The summed E-state index contributed by atoms with van der Waals surface area (Å²) in [4.78, 5) is 0. The third kappa shape index (κ3) is 1.48. The minimum Gasteiger partial charge on any atom is -0.317 e. The van der Waals surface area contributed by atoms with Crippen molar-refractivity contribution < 1.29 is 0 Å². The summed E-state index contributed by atoms with van der Waals surface area (Å²) in [6.45, 7) is 3.18. The van der Waals surface area contributed by atoms with Crippen molar-refractivity contribution in [1.82, 2.24) is 10.6 Å². The molecule has 1 aromatic rings. The van der Waals surface area contributed by atoms with E-state index in [1.54, 1.807) is 0 Å². The average molecular weight is 223 g/mol. The van der Waals surface area contributed by atoms with Gasteiger partial charge in [0, 0.05) is 17.1 Å². The number of rotatable bonds is 0. The number of fused-ring (bicyclic) bond motifs is 2. The molecule has 0 saturated carbocycles. The highest BCUT2D eigenvalue weighted by Gasteiger charge is 2.38. The Balaban J connectivity index is 2.03. The quantitative estimate of drug-likeness (QED) is 0.702. The first-order valence-electron chi connectivity index (χ1n) is 5.55. The topological polar surface area (TPSA) is 24.1 Å². The van der Waals surface area contributed by atoms with Crippen LogP contribution in [0.2, 0.25) is 5.02 Å². The lowest BCUT2D eigenvalue weighted by Gasteiger charge is -2.35. The predicted molar refractivity (Wildman–Crippen MR) is 62.1 cm³/mol. The maximum absolute atomic E-state index is 6.01. The van der Waals surface area contributed by atoms with Gasteiger partial charge in [-0.15, -0.1) is 0 Å². The van der Waals surface area contributed by atoms with Gasteiger partial charge in [0.2, 0.25) is 0 Å². The molecule has 1 aromatic carbocycles. The fourth-order valence-corrected chi connectivity index (χ4v) is 3.03. The molecule has 0 aromatic heterocycles. The molecular formula is C12H15ClN2. The highest BCUT2D eigenvalue weighted by molar-refractivity contribution is 6.30. The van der Waals surface area contributed by atoms with Crippen LogP contribution in [-0.2, 0) is 12.1 Å². The SMILES string of the molecule is Clc1ccc2c(c1)CNC21CCNCC1. The Morgan fingerprint density at radius 3 is 2.80 bits per heavy atom. The van der Waals surface area contributed by atoms with Crippen LogP contribution in [0, 0.1) is 0 Å². The van der Waals surface area contributed by atoms with Gasteiger partial charge in [-0.2, -0.15) is 0 Å². The van der Waals surface area contributed by atoms with Crippen molar-refractivity contribution in [2.24, 2.45) is 0 Å². The van der Waals surface area contributed by atoms with Crippen molar-refractivity contribution in [1.29, 1.82) is 0 Å². The fourth-order valence-electron chi connectivity index (χ4n) is 2.83. The van der Waals surface area contributed by atoms with Crippen LogP contribution < -0.4 is 10.6 Å². The normalized spacial score (nSPS) is 23.0. The number of piperidine rings is 1. The molecule has 1 fully saturated rings.